The second-order valence-corrected chi connectivity index (χ2v) is 6.82. The number of hydrogen-bond donors (Lipinski definition) is 2. The second kappa shape index (κ2) is 7.46. The van der Waals surface area contributed by atoms with E-state index in [0.29, 0.717) is 21.4 Å². The zero-order chi connectivity index (χ0) is 13.5. The quantitative estimate of drug-likeness (QED) is 0.799. The summed E-state index contributed by atoms with van der Waals surface area (Å²) in [6.07, 6.45) is 0.300. The van der Waals surface area contributed by atoms with Crippen molar-refractivity contribution in [3.63, 3.8) is 0 Å². The molecule has 0 aliphatic heterocycles. The molecular weight excluding hydrogens is 301 g/mol. The molecule has 0 amide bonds. The molecule has 0 fully saturated rings. The first-order valence-corrected chi connectivity index (χ1v) is 8.49. The van der Waals surface area contributed by atoms with Gasteiger partial charge in [0.25, 0.3) is 0 Å². The van der Waals surface area contributed by atoms with Crippen LogP contribution in [-0.4, -0.2) is 26.2 Å². The molecule has 0 aliphatic rings. The Kier molecular flexibility index (Phi) is 5.61. The van der Waals surface area contributed by atoms with Gasteiger partial charge >= 0.3 is 120 Å². The van der Waals surface area contributed by atoms with E-state index in [-0.39, 0.29) is 12.1 Å². The van der Waals surface area contributed by atoms with Crippen molar-refractivity contribution in [2.75, 3.05) is 0 Å². The Hall–Kier alpha value is -1.12. The van der Waals surface area contributed by atoms with Crippen molar-refractivity contribution < 1.29 is 5.11 Å². The van der Waals surface area contributed by atoms with Crippen LogP contribution in [0.15, 0.2) is 60.7 Å². The Balaban J connectivity index is 1.80. The Morgan fingerprint density at radius 1 is 0.947 bits per heavy atom. The molecule has 2 nitrogen and oxygen atoms in total. The molecule has 2 rings (SSSR count). The van der Waals surface area contributed by atoms with Crippen LogP contribution >= 0.6 is 0 Å². The molecule has 0 radical (unpaired) electrons. The summed E-state index contributed by atoms with van der Waals surface area (Å²) in [5.41, 5.74) is 7.20. The predicted octanol–water partition coefficient (Wildman–Crippen LogP) is 1.89. The Bertz CT molecular complexity index is 475. The summed E-state index contributed by atoms with van der Waals surface area (Å²) in [4.78, 5) is 0. The van der Waals surface area contributed by atoms with Crippen LogP contribution < -0.4 is 10.2 Å². The Labute approximate surface area is 120 Å². The van der Waals surface area contributed by atoms with Gasteiger partial charge in [0.15, 0.2) is 0 Å². The molecule has 2 atom stereocenters. The average Bonchev–Trinajstić information content (AvgIpc) is 2.47. The summed E-state index contributed by atoms with van der Waals surface area (Å²) in [7, 11) is 0. The summed E-state index contributed by atoms with van der Waals surface area (Å²) in [6.45, 7) is 0. The van der Waals surface area contributed by atoms with Crippen molar-refractivity contribution in [2.24, 2.45) is 5.73 Å². The third-order valence-electron chi connectivity index (χ3n) is 2.94. The normalized spacial score (nSPS) is 14.0. The van der Waals surface area contributed by atoms with Gasteiger partial charge in [0, 0.05) is 0 Å². The summed E-state index contributed by atoms with van der Waals surface area (Å²) in [5, 5.41) is 10.9. The van der Waals surface area contributed by atoms with Gasteiger partial charge in [-0.1, -0.05) is 0 Å². The van der Waals surface area contributed by atoms with E-state index < -0.39 is 0 Å². The molecule has 0 spiro atoms. The number of hydrogen-bond acceptors (Lipinski definition) is 2. The molecule has 0 saturated carbocycles. The Morgan fingerprint density at radius 2 is 1.53 bits per heavy atom. The molecule has 100 valence electrons. The van der Waals surface area contributed by atoms with Crippen molar-refractivity contribution >= 4 is 19.4 Å². The van der Waals surface area contributed by atoms with Crippen LogP contribution in [0.2, 0.25) is 5.32 Å². The molecule has 0 heterocycles. The molecular formula is C16H19NOSe. The number of benzene rings is 2. The van der Waals surface area contributed by atoms with Crippen molar-refractivity contribution in [3.05, 3.63) is 66.2 Å². The SMILES string of the molecule is N[C@H](C[C@H](O)C[Se]c1ccccc1)c1ccccc1. The molecule has 0 saturated heterocycles. The topological polar surface area (TPSA) is 46.2 Å². The first kappa shape index (κ1) is 14.3. The number of aliphatic hydroxyl groups excluding tert-OH is 1. The molecule has 0 aromatic heterocycles. The van der Waals surface area contributed by atoms with E-state index in [4.69, 9.17) is 5.73 Å². The molecule has 0 unspecified atom stereocenters. The summed E-state index contributed by atoms with van der Waals surface area (Å²) >= 11 is 0.317. The number of nitrogens with two attached hydrogens (primary N) is 1. The van der Waals surface area contributed by atoms with E-state index in [2.05, 4.69) is 12.1 Å². The third kappa shape index (κ3) is 4.81. The van der Waals surface area contributed by atoms with E-state index >= 15 is 0 Å². The van der Waals surface area contributed by atoms with Crippen LogP contribution in [0.25, 0.3) is 0 Å². The van der Waals surface area contributed by atoms with E-state index in [1.165, 1.54) is 4.46 Å². The van der Waals surface area contributed by atoms with Crippen molar-refractivity contribution in [3.8, 4) is 0 Å². The second-order valence-electron chi connectivity index (χ2n) is 4.53. The maximum atomic E-state index is 10.1. The fourth-order valence-electron chi connectivity index (χ4n) is 1.91. The standard InChI is InChI=1S/C16H19NOSe/c17-16(13-7-3-1-4-8-13)11-14(18)12-19-15-9-5-2-6-10-15/h1-10,14,16,18H,11-12,17H2/t14-,16+/m0/s1. The van der Waals surface area contributed by atoms with Gasteiger partial charge in [-0.15, -0.1) is 0 Å². The zero-order valence-corrected chi connectivity index (χ0v) is 12.5. The fraction of sp³-hybridized carbons (Fsp3) is 0.250. The van der Waals surface area contributed by atoms with Crippen molar-refractivity contribution in [1.82, 2.24) is 0 Å². The van der Waals surface area contributed by atoms with Crippen LogP contribution in [0.5, 0.6) is 0 Å². The van der Waals surface area contributed by atoms with Gasteiger partial charge in [-0.2, -0.15) is 0 Å². The van der Waals surface area contributed by atoms with Crippen LogP contribution in [0.3, 0.4) is 0 Å². The number of rotatable bonds is 6. The zero-order valence-electron chi connectivity index (χ0n) is 10.8. The molecule has 19 heavy (non-hydrogen) atoms. The van der Waals surface area contributed by atoms with E-state index in [9.17, 15) is 5.11 Å². The van der Waals surface area contributed by atoms with Crippen LogP contribution in [-0.2, 0) is 0 Å². The number of aliphatic hydroxyl groups is 1. The van der Waals surface area contributed by atoms with Crippen LogP contribution in [0, 0.1) is 0 Å². The molecule has 2 aromatic rings. The van der Waals surface area contributed by atoms with E-state index in [0.717, 1.165) is 10.9 Å². The molecule has 0 bridgehead atoms. The molecule has 3 N–H and O–H groups in total. The minimum atomic E-state index is -0.324. The minimum absolute atomic E-state index is 0.0808. The van der Waals surface area contributed by atoms with Crippen molar-refractivity contribution in [1.29, 1.82) is 0 Å². The first-order chi connectivity index (χ1) is 9.25. The summed E-state index contributed by atoms with van der Waals surface area (Å²) < 4.78 is 1.32. The average molecular weight is 320 g/mol. The Morgan fingerprint density at radius 3 is 2.16 bits per heavy atom. The van der Waals surface area contributed by atoms with Crippen LogP contribution in [0.4, 0.5) is 0 Å². The molecule has 3 heteroatoms. The predicted molar refractivity (Wildman–Crippen MR) is 80.6 cm³/mol. The van der Waals surface area contributed by atoms with Gasteiger partial charge in [-0.25, -0.2) is 0 Å². The summed E-state index contributed by atoms with van der Waals surface area (Å²) in [5.74, 6) is 0. The molecule has 0 aliphatic carbocycles. The monoisotopic (exact) mass is 321 g/mol. The van der Waals surface area contributed by atoms with Gasteiger partial charge in [0.1, 0.15) is 0 Å². The molecule has 2 aromatic carbocycles. The summed E-state index contributed by atoms with van der Waals surface area (Å²) in [6, 6.07) is 20.2. The van der Waals surface area contributed by atoms with Gasteiger partial charge < -0.3 is 0 Å². The third-order valence-corrected chi connectivity index (χ3v) is 5.37. The van der Waals surface area contributed by atoms with Gasteiger partial charge in [-0.05, 0) is 0 Å². The van der Waals surface area contributed by atoms with Crippen molar-refractivity contribution in [2.45, 2.75) is 23.9 Å². The first-order valence-electron chi connectivity index (χ1n) is 6.42. The van der Waals surface area contributed by atoms with Gasteiger partial charge in [0.05, 0.1) is 0 Å². The van der Waals surface area contributed by atoms with E-state index in [1.54, 1.807) is 0 Å². The van der Waals surface area contributed by atoms with Crippen LogP contribution in [0.1, 0.15) is 18.0 Å². The fourth-order valence-corrected chi connectivity index (χ4v) is 3.73. The van der Waals surface area contributed by atoms with E-state index in [1.807, 2.05) is 48.5 Å². The maximum absolute atomic E-state index is 10.1. The van der Waals surface area contributed by atoms with Gasteiger partial charge in [0.2, 0.25) is 0 Å². The van der Waals surface area contributed by atoms with Gasteiger partial charge in [-0.3, -0.25) is 0 Å².